The van der Waals surface area contributed by atoms with E-state index in [1.807, 2.05) is 31.2 Å². The van der Waals surface area contributed by atoms with Gasteiger partial charge in [0.05, 0.1) is 6.42 Å². The molecular weight excluding hydrogens is 241 g/mol. The Morgan fingerprint density at radius 2 is 2.00 bits per heavy atom. The second kappa shape index (κ2) is 6.14. The fraction of sp³-hybridized carbons (Fsp3) is 0.188. The van der Waals surface area contributed by atoms with E-state index in [2.05, 4.69) is 5.32 Å². The number of hydrogen-bond donors (Lipinski definition) is 1. The van der Waals surface area contributed by atoms with E-state index in [9.17, 15) is 9.18 Å². The third kappa shape index (κ3) is 4.21. The lowest BCUT2D eigenvalue weighted by atomic mass is 10.1. The predicted octanol–water partition coefficient (Wildman–Crippen LogP) is 3.27. The molecule has 0 radical (unpaired) electrons. The van der Waals surface area contributed by atoms with Crippen molar-refractivity contribution in [2.75, 3.05) is 0 Å². The average molecular weight is 257 g/mol. The number of carbonyl (C=O) groups excluding carboxylic acids is 1. The Hall–Kier alpha value is -2.16. The summed E-state index contributed by atoms with van der Waals surface area (Å²) in [5.41, 5.74) is 2.83. The molecule has 0 aliphatic heterocycles. The molecule has 1 aromatic rings. The fourth-order valence-electron chi connectivity index (χ4n) is 1.83. The second-order valence-electron chi connectivity index (χ2n) is 4.56. The van der Waals surface area contributed by atoms with Gasteiger partial charge in [-0.05, 0) is 30.7 Å². The first-order valence-electron chi connectivity index (χ1n) is 6.22. The lowest BCUT2D eigenvalue weighted by Gasteiger charge is -2.07. The van der Waals surface area contributed by atoms with Gasteiger partial charge in [-0.3, -0.25) is 4.79 Å². The van der Waals surface area contributed by atoms with Crippen LogP contribution < -0.4 is 5.32 Å². The Morgan fingerprint density at radius 3 is 2.74 bits per heavy atom. The molecule has 0 fully saturated rings. The van der Waals surface area contributed by atoms with Gasteiger partial charge in [0.1, 0.15) is 5.82 Å². The molecule has 0 saturated carbocycles. The molecule has 2 nitrogen and oxygen atoms in total. The lowest BCUT2D eigenvalue weighted by Crippen LogP contribution is -2.24. The first-order chi connectivity index (χ1) is 9.13. The van der Waals surface area contributed by atoms with Crippen LogP contribution in [0.15, 0.2) is 59.8 Å². The van der Waals surface area contributed by atoms with Crippen LogP contribution in [0.4, 0.5) is 4.39 Å². The van der Waals surface area contributed by atoms with E-state index in [1.165, 1.54) is 12.1 Å². The Morgan fingerprint density at radius 1 is 1.26 bits per heavy atom. The number of carbonyl (C=O) groups is 1. The van der Waals surface area contributed by atoms with Gasteiger partial charge in [-0.2, -0.15) is 0 Å². The molecule has 3 heteroatoms. The fourth-order valence-corrected chi connectivity index (χ4v) is 1.83. The number of rotatable bonds is 3. The quantitative estimate of drug-likeness (QED) is 0.884. The molecule has 0 spiro atoms. The molecule has 2 rings (SSSR count). The number of amides is 1. The van der Waals surface area contributed by atoms with Gasteiger partial charge >= 0.3 is 0 Å². The van der Waals surface area contributed by atoms with Gasteiger partial charge in [0, 0.05) is 12.1 Å². The zero-order valence-electron chi connectivity index (χ0n) is 10.8. The van der Waals surface area contributed by atoms with Crippen LogP contribution in [0.25, 0.3) is 0 Å². The molecule has 1 aliphatic carbocycles. The summed E-state index contributed by atoms with van der Waals surface area (Å²) in [5, 5.41) is 2.88. The van der Waals surface area contributed by atoms with Crippen molar-refractivity contribution in [1.82, 2.24) is 5.32 Å². The van der Waals surface area contributed by atoms with Crippen molar-refractivity contribution in [1.29, 1.82) is 0 Å². The van der Waals surface area contributed by atoms with Crippen molar-refractivity contribution in [2.45, 2.75) is 19.8 Å². The maximum Gasteiger partial charge on any atom is 0.228 e. The summed E-state index contributed by atoms with van der Waals surface area (Å²) < 4.78 is 12.8. The first kappa shape index (κ1) is 13.3. The topological polar surface area (TPSA) is 29.1 Å². The van der Waals surface area contributed by atoms with Gasteiger partial charge in [-0.15, -0.1) is 0 Å². The number of allylic oxidation sites excluding steroid dienone is 5. The van der Waals surface area contributed by atoms with Gasteiger partial charge < -0.3 is 5.32 Å². The minimum atomic E-state index is -0.290. The van der Waals surface area contributed by atoms with Crippen molar-refractivity contribution in [3.05, 3.63) is 71.2 Å². The molecule has 19 heavy (non-hydrogen) atoms. The van der Waals surface area contributed by atoms with Gasteiger partial charge in [0.2, 0.25) is 5.91 Å². The molecule has 98 valence electrons. The standard InChI is InChI=1S/C16H16FNO/c1-12-3-2-4-15(10-5-12)18-16(19)11-13-6-8-14(17)9-7-13/h2-3,5-10H,4,11H2,1H3,(H,18,19). The molecule has 1 aromatic carbocycles. The normalized spacial score (nSPS) is 14.4. The minimum Gasteiger partial charge on any atom is -0.329 e. The highest BCUT2D eigenvalue weighted by Crippen LogP contribution is 2.09. The van der Waals surface area contributed by atoms with Gasteiger partial charge in [-0.25, -0.2) is 4.39 Å². The Balaban J connectivity index is 1.95. The zero-order chi connectivity index (χ0) is 13.7. The van der Waals surface area contributed by atoms with Crippen molar-refractivity contribution < 1.29 is 9.18 Å². The number of nitrogens with one attached hydrogen (secondary N) is 1. The van der Waals surface area contributed by atoms with Crippen LogP contribution in [0.5, 0.6) is 0 Å². The Kier molecular flexibility index (Phi) is 4.29. The van der Waals surface area contributed by atoms with Gasteiger partial charge in [0.25, 0.3) is 0 Å². The highest BCUT2D eigenvalue weighted by atomic mass is 19.1. The molecule has 1 N–H and O–H groups in total. The molecule has 0 atom stereocenters. The van der Waals surface area contributed by atoms with Gasteiger partial charge in [0.15, 0.2) is 0 Å². The average Bonchev–Trinajstić information content (AvgIpc) is 2.57. The summed E-state index contributed by atoms with van der Waals surface area (Å²) in [6.45, 7) is 2.01. The number of hydrogen-bond acceptors (Lipinski definition) is 1. The molecule has 0 unspecified atom stereocenters. The van der Waals surface area contributed by atoms with Crippen LogP contribution in [0, 0.1) is 5.82 Å². The SMILES string of the molecule is CC1=CC=C(NC(=O)Cc2ccc(F)cc2)CC=C1. The maximum atomic E-state index is 12.8. The van der Waals surface area contributed by atoms with Crippen LogP contribution in [0.1, 0.15) is 18.9 Å². The molecule has 0 saturated heterocycles. The van der Waals surface area contributed by atoms with Gasteiger partial charge in [-0.1, -0.05) is 35.9 Å². The third-order valence-electron chi connectivity index (χ3n) is 2.84. The van der Waals surface area contributed by atoms with Crippen LogP contribution >= 0.6 is 0 Å². The summed E-state index contributed by atoms with van der Waals surface area (Å²) in [6.07, 6.45) is 8.89. The summed E-state index contributed by atoms with van der Waals surface area (Å²) in [5.74, 6) is -0.374. The van der Waals surface area contributed by atoms with Crippen molar-refractivity contribution in [3.8, 4) is 0 Å². The Labute approximate surface area is 112 Å². The van der Waals surface area contributed by atoms with E-state index < -0.39 is 0 Å². The smallest absolute Gasteiger partial charge is 0.228 e. The van der Waals surface area contributed by atoms with Crippen molar-refractivity contribution in [3.63, 3.8) is 0 Å². The molecule has 0 heterocycles. The van der Waals surface area contributed by atoms with Crippen molar-refractivity contribution >= 4 is 5.91 Å². The second-order valence-corrected chi connectivity index (χ2v) is 4.56. The van der Waals surface area contributed by atoms with Crippen molar-refractivity contribution in [2.24, 2.45) is 0 Å². The molecular formula is C16H16FNO. The summed E-state index contributed by atoms with van der Waals surface area (Å²) in [7, 11) is 0. The zero-order valence-corrected chi connectivity index (χ0v) is 10.8. The van der Waals surface area contributed by atoms with Crippen LogP contribution in [-0.4, -0.2) is 5.91 Å². The Bertz CT molecular complexity index is 553. The number of halogens is 1. The largest absolute Gasteiger partial charge is 0.329 e. The highest BCUT2D eigenvalue weighted by molar-refractivity contribution is 5.80. The summed E-state index contributed by atoms with van der Waals surface area (Å²) >= 11 is 0. The summed E-state index contributed by atoms with van der Waals surface area (Å²) in [4.78, 5) is 11.9. The molecule has 1 amide bonds. The van der Waals surface area contributed by atoms with Crippen LogP contribution in [0.3, 0.4) is 0 Å². The monoisotopic (exact) mass is 257 g/mol. The summed E-state index contributed by atoms with van der Waals surface area (Å²) in [6, 6.07) is 5.98. The van der Waals surface area contributed by atoms with E-state index in [0.29, 0.717) is 6.42 Å². The van der Waals surface area contributed by atoms with E-state index in [0.717, 1.165) is 16.8 Å². The predicted molar refractivity (Wildman–Crippen MR) is 73.8 cm³/mol. The maximum absolute atomic E-state index is 12.8. The first-order valence-corrected chi connectivity index (χ1v) is 6.22. The number of benzene rings is 1. The minimum absolute atomic E-state index is 0.0841. The van der Waals surface area contributed by atoms with E-state index >= 15 is 0 Å². The third-order valence-corrected chi connectivity index (χ3v) is 2.84. The lowest BCUT2D eigenvalue weighted by molar-refractivity contribution is -0.119. The molecule has 0 bridgehead atoms. The van der Waals surface area contributed by atoms with E-state index in [4.69, 9.17) is 0 Å². The van der Waals surface area contributed by atoms with Crippen LogP contribution in [0.2, 0.25) is 0 Å². The van der Waals surface area contributed by atoms with E-state index in [1.54, 1.807) is 12.1 Å². The molecule has 0 aromatic heterocycles. The molecule has 1 aliphatic rings. The van der Waals surface area contributed by atoms with E-state index in [-0.39, 0.29) is 18.1 Å². The highest BCUT2D eigenvalue weighted by Gasteiger charge is 2.06. The van der Waals surface area contributed by atoms with Crippen LogP contribution in [-0.2, 0) is 11.2 Å².